The topological polar surface area (TPSA) is 63.2 Å². The second kappa shape index (κ2) is 8.65. The minimum absolute atomic E-state index is 0.127. The van der Waals surface area contributed by atoms with Crippen LogP contribution in [-0.4, -0.2) is 22.6 Å². The summed E-state index contributed by atoms with van der Waals surface area (Å²) in [6.07, 6.45) is 0. The van der Waals surface area contributed by atoms with Crippen LogP contribution in [0.25, 0.3) is 10.2 Å². The number of carbonyl (C=O) groups excluding carboxylic acids is 1. The predicted octanol–water partition coefficient (Wildman–Crippen LogP) is 4.97. The molecule has 140 valence electrons. The first-order chi connectivity index (χ1) is 12.9. The van der Waals surface area contributed by atoms with E-state index in [0.29, 0.717) is 21.8 Å². The van der Waals surface area contributed by atoms with Crippen LogP contribution >= 0.6 is 35.2 Å². The maximum Gasteiger partial charge on any atom is 0.264 e. The van der Waals surface area contributed by atoms with Crippen LogP contribution < -0.4 is 15.4 Å². The van der Waals surface area contributed by atoms with Crippen molar-refractivity contribution in [2.75, 3.05) is 11.9 Å². The summed E-state index contributed by atoms with van der Waals surface area (Å²) in [4.78, 5) is 16.4. The van der Waals surface area contributed by atoms with Crippen molar-refractivity contribution in [2.24, 2.45) is 0 Å². The first kappa shape index (κ1) is 19.5. The highest BCUT2D eigenvalue weighted by Gasteiger charge is 2.09. The third-order valence-corrected chi connectivity index (χ3v) is 5.11. The molecule has 0 aliphatic heterocycles. The summed E-state index contributed by atoms with van der Waals surface area (Å²) in [6, 6.07) is 13.1. The van der Waals surface area contributed by atoms with Crippen LogP contribution in [0.5, 0.6) is 5.75 Å². The van der Waals surface area contributed by atoms with Crippen molar-refractivity contribution in [3.8, 4) is 5.75 Å². The molecule has 0 saturated heterocycles. The molecule has 0 fully saturated rings. The lowest BCUT2D eigenvalue weighted by Gasteiger charge is -2.10. The van der Waals surface area contributed by atoms with Crippen LogP contribution in [0, 0.1) is 0 Å². The molecule has 0 bridgehead atoms. The average Bonchev–Trinajstić information content (AvgIpc) is 3.01. The summed E-state index contributed by atoms with van der Waals surface area (Å²) in [7, 11) is 0. The van der Waals surface area contributed by atoms with E-state index in [2.05, 4.69) is 29.5 Å². The summed E-state index contributed by atoms with van der Waals surface area (Å²) in [5.74, 6) is 0.741. The molecule has 0 aliphatic rings. The van der Waals surface area contributed by atoms with Crippen molar-refractivity contribution in [3.05, 3.63) is 53.1 Å². The van der Waals surface area contributed by atoms with Crippen molar-refractivity contribution < 1.29 is 9.53 Å². The Kier molecular flexibility index (Phi) is 6.26. The van der Waals surface area contributed by atoms with Gasteiger partial charge in [-0.1, -0.05) is 48.9 Å². The van der Waals surface area contributed by atoms with Crippen LogP contribution in [-0.2, 0) is 4.79 Å². The van der Waals surface area contributed by atoms with Gasteiger partial charge >= 0.3 is 0 Å². The van der Waals surface area contributed by atoms with Gasteiger partial charge in [-0.25, -0.2) is 4.98 Å². The second-order valence-corrected chi connectivity index (χ2v) is 8.02. The molecule has 0 radical (unpaired) electrons. The fourth-order valence-corrected chi connectivity index (χ4v) is 3.76. The molecule has 8 heteroatoms. The van der Waals surface area contributed by atoms with Crippen molar-refractivity contribution >= 4 is 61.5 Å². The van der Waals surface area contributed by atoms with Gasteiger partial charge in [0.1, 0.15) is 5.75 Å². The van der Waals surface area contributed by atoms with Crippen LogP contribution in [0.2, 0.25) is 5.02 Å². The van der Waals surface area contributed by atoms with E-state index in [1.54, 1.807) is 6.07 Å². The zero-order valence-corrected chi connectivity index (χ0v) is 17.2. The molecule has 3 aromatic rings. The van der Waals surface area contributed by atoms with Crippen LogP contribution in [0.15, 0.2) is 42.5 Å². The molecule has 0 atom stereocenters. The highest BCUT2D eigenvalue weighted by molar-refractivity contribution is 7.80. The van der Waals surface area contributed by atoms with Gasteiger partial charge in [0, 0.05) is 5.02 Å². The lowest BCUT2D eigenvalue weighted by molar-refractivity contribution is -0.121. The number of thiazole rings is 1. The SMILES string of the molecule is CC(C)c1ccc(OCC(=O)NC(=S)Nc2nc3ccc(Cl)cc3s2)cc1. The number of halogens is 1. The van der Waals surface area contributed by atoms with Gasteiger partial charge in [0.2, 0.25) is 0 Å². The number of ether oxygens (including phenoxy) is 1. The predicted molar refractivity (Wildman–Crippen MR) is 115 cm³/mol. The number of hydrogen-bond donors (Lipinski definition) is 2. The quantitative estimate of drug-likeness (QED) is 0.572. The number of amides is 1. The van der Waals surface area contributed by atoms with Gasteiger partial charge in [0.15, 0.2) is 16.9 Å². The molecule has 0 unspecified atom stereocenters. The van der Waals surface area contributed by atoms with Gasteiger partial charge in [-0.05, 0) is 54.0 Å². The summed E-state index contributed by atoms with van der Waals surface area (Å²) in [5, 5.41) is 6.89. The summed E-state index contributed by atoms with van der Waals surface area (Å²) in [5.41, 5.74) is 2.03. The molecule has 2 N–H and O–H groups in total. The van der Waals surface area contributed by atoms with Crippen LogP contribution in [0.4, 0.5) is 5.13 Å². The maximum atomic E-state index is 12.0. The zero-order chi connectivity index (χ0) is 19.4. The minimum Gasteiger partial charge on any atom is -0.484 e. The molecular formula is C19H18ClN3O2S2. The molecule has 2 aromatic carbocycles. The number of nitrogens with one attached hydrogen (secondary N) is 2. The lowest BCUT2D eigenvalue weighted by atomic mass is 10.0. The van der Waals surface area contributed by atoms with Crippen LogP contribution in [0.1, 0.15) is 25.3 Å². The second-order valence-electron chi connectivity index (χ2n) is 6.15. The Morgan fingerprint density at radius 1 is 1.26 bits per heavy atom. The standard InChI is InChI=1S/C19H18ClN3O2S2/c1-11(2)12-3-6-14(7-4-12)25-10-17(24)22-18(26)23-19-21-15-8-5-13(20)9-16(15)27-19/h3-9,11H,10H2,1-2H3,(H2,21,22,23,24,26). The number of anilines is 1. The normalized spacial score (nSPS) is 10.8. The molecule has 27 heavy (non-hydrogen) atoms. The van der Waals surface area contributed by atoms with E-state index in [4.69, 9.17) is 28.6 Å². The Balaban J connectivity index is 1.50. The molecular weight excluding hydrogens is 402 g/mol. The Bertz CT molecular complexity index is 971. The molecule has 0 spiro atoms. The largest absolute Gasteiger partial charge is 0.484 e. The first-order valence-corrected chi connectivity index (χ1v) is 9.90. The number of thiocarbonyl (C=S) groups is 1. The Hall–Kier alpha value is -2.22. The first-order valence-electron chi connectivity index (χ1n) is 8.30. The Labute approximate surface area is 171 Å². The lowest BCUT2D eigenvalue weighted by Crippen LogP contribution is -2.37. The fourth-order valence-electron chi connectivity index (χ4n) is 2.34. The number of benzene rings is 2. The van der Waals surface area contributed by atoms with E-state index < -0.39 is 0 Å². The molecule has 0 aliphatic carbocycles. The van der Waals surface area contributed by atoms with Crippen molar-refractivity contribution in [1.82, 2.24) is 10.3 Å². The van der Waals surface area contributed by atoms with E-state index in [1.807, 2.05) is 36.4 Å². The fraction of sp³-hybridized carbons (Fsp3) is 0.211. The van der Waals surface area contributed by atoms with Gasteiger partial charge in [-0.2, -0.15) is 0 Å². The van der Waals surface area contributed by atoms with E-state index in [1.165, 1.54) is 16.9 Å². The highest BCUT2D eigenvalue weighted by Crippen LogP contribution is 2.28. The molecule has 1 aromatic heterocycles. The minimum atomic E-state index is -0.343. The monoisotopic (exact) mass is 419 g/mol. The van der Waals surface area contributed by atoms with Gasteiger partial charge in [-0.15, -0.1) is 0 Å². The maximum absolute atomic E-state index is 12.0. The Morgan fingerprint density at radius 3 is 2.70 bits per heavy atom. The molecule has 3 rings (SSSR count). The number of nitrogens with zero attached hydrogens (tertiary/aromatic N) is 1. The smallest absolute Gasteiger partial charge is 0.264 e. The third kappa shape index (κ3) is 5.38. The molecule has 0 saturated carbocycles. The number of rotatable bonds is 5. The van der Waals surface area contributed by atoms with Gasteiger partial charge in [0.25, 0.3) is 5.91 Å². The van der Waals surface area contributed by atoms with Gasteiger partial charge < -0.3 is 10.1 Å². The summed E-state index contributed by atoms with van der Waals surface area (Å²) in [6.45, 7) is 4.12. The van der Waals surface area contributed by atoms with Crippen molar-refractivity contribution in [1.29, 1.82) is 0 Å². The number of hydrogen-bond acceptors (Lipinski definition) is 5. The highest BCUT2D eigenvalue weighted by atomic mass is 35.5. The van der Waals surface area contributed by atoms with Crippen molar-refractivity contribution in [3.63, 3.8) is 0 Å². The van der Waals surface area contributed by atoms with Crippen molar-refractivity contribution in [2.45, 2.75) is 19.8 Å². The average molecular weight is 420 g/mol. The van der Waals surface area contributed by atoms with E-state index in [0.717, 1.165) is 10.2 Å². The van der Waals surface area contributed by atoms with E-state index in [-0.39, 0.29) is 17.6 Å². The molecule has 1 amide bonds. The van der Waals surface area contributed by atoms with E-state index in [9.17, 15) is 4.79 Å². The number of fused-ring (bicyclic) bond motifs is 1. The third-order valence-electron chi connectivity index (χ3n) is 3.74. The summed E-state index contributed by atoms with van der Waals surface area (Å²) >= 11 is 12.5. The Morgan fingerprint density at radius 2 is 2.00 bits per heavy atom. The van der Waals surface area contributed by atoms with Crippen LogP contribution in [0.3, 0.4) is 0 Å². The molecule has 5 nitrogen and oxygen atoms in total. The van der Waals surface area contributed by atoms with Gasteiger partial charge in [-0.3, -0.25) is 10.1 Å². The molecule has 1 heterocycles. The number of aromatic nitrogens is 1. The van der Waals surface area contributed by atoms with Gasteiger partial charge in [0.05, 0.1) is 10.2 Å². The number of carbonyl (C=O) groups is 1. The van der Waals surface area contributed by atoms with E-state index >= 15 is 0 Å². The zero-order valence-electron chi connectivity index (χ0n) is 14.8. The summed E-state index contributed by atoms with van der Waals surface area (Å²) < 4.78 is 6.43.